The smallest absolute Gasteiger partial charge is 0.239 e. The zero-order valence-electron chi connectivity index (χ0n) is 8.59. The number of rotatable bonds is 3. The average Bonchev–Trinajstić information content (AvgIpc) is 2.31. The van der Waals surface area contributed by atoms with Gasteiger partial charge in [0.15, 0.2) is 0 Å². The minimum Gasteiger partial charge on any atom is -0.325 e. The number of anilines is 1. The Bertz CT molecular complexity index is 403. The molecule has 0 unspecified atom stereocenters. The minimum absolute atomic E-state index is 0.0444. The molecule has 84 valence electrons. The molecule has 0 saturated carbocycles. The first kappa shape index (κ1) is 12.9. The first-order valence-corrected chi connectivity index (χ1v) is 5.84. The summed E-state index contributed by atoms with van der Waals surface area (Å²) in [6, 6.07) is 7.25. The fraction of sp³-hybridized carbons (Fsp3) is 0.250. The molecule has 4 heteroatoms. The number of benzene rings is 1. The SMILES string of the molecule is O=C(CCl)Nc1ccc(C#CCCCl)cc1. The third-order valence-corrected chi connectivity index (χ3v) is 2.17. The van der Waals surface area contributed by atoms with Crippen LogP contribution in [-0.4, -0.2) is 17.7 Å². The van der Waals surface area contributed by atoms with E-state index in [0.29, 0.717) is 18.0 Å². The summed E-state index contributed by atoms with van der Waals surface area (Å²) < 4.78 is 0. The van der Waals surface area contributed by atoms with Crippen LogP contribution >= 0.6 is 23.2 Å². The van der Waals surface area contributed by atoms with E-state index < -0.39 is 0 Å². The van der Waals surface area contributed by atoms with Crippen molar-refractivity contribution in [1.82, 2.24) is 0 Å². The lowest BCUT2D eigenvalue weighted by Crippen LogP contribution is -2.12. The van der Waals surface area contributed by atoms with Crippen molar-refractivity contribution in [3.63, 3.8) is 0 Å². The van der Waals surface area contributed by atoms with E-state index >= 15 is 0 Å². The number of carbonyl (C=O) groups is 1. The molecule has 0 aliphatic heterocycles. The fourth-order valence-corrected chi connectivity index (χ4v) is 1.20. The molecule has 1 rings (SSSR count). The van der Waals surface area contributed by atoms with Gasteiger partial charge in [-0.3, -0.25) is 4.79 Å². The maximum atomic E-state index is 11.0. The van der Waals surface area contributed by atoms with E-state index in [9.17, 15) is 4.79 Å². The fourth-order valence-electron chi connectivity index (χ4n) is 1.04. The molecular weight excluding hydrogens is 245 g/mol. The van der Waals surface area contributed by atoms with Gasteiger partial charge in [0, 0.05) is 23.6 Å². The van der Waals surface area contributed by atoms with Gasteiger partial charge in [-0.05, 0) is 24.3 Å². The van der Waals surface area contributed by atoms with E-state index in [1.165, 1.54) is 0 Å². The molecule has 0 aliphatic rings. The van der Waals surface area contributed by atoms with Crippen LogP contribution in [0.1, 0.15) is 12.0 Å². The quantitative estimate of drug-likeness (QED) is 0.653. The molecule has 0 bridgehead atoms. The summed E-state index contributed by atoms with van der Waals surface area (Å²) >= 11 is 10.9. The monoisotopic (exact) mass is 255 g/mol. The molecule has 0 aliphatic carbocycles. The van der Waals surface area contributed by atoms with Crippen molar-refractivity contribution in [2.45, 2.75) is 6.42 Å². The van der Waals surface area contributed by atoms with E-state index in [1.54, 1.807) is 12.1 Å². The van der Waals surface area contributed by atoms with Crippen molar-refractivity contribution in [2.75, 3.05) is 17.1 Å². The molecule has 0 atom stereocenters. The third kappa shape index (κ3) is 4.57. The maximum Gasteiger partial charge on any atom is 0.239 e. The van der Waals surface area contributed by atoms with Gasteiger partial charge in [0.1, 0.15) is 5.88 Å². The van der Waals surface area contributed by atoms with Crippen LogP contribution in [0.3, 0.4) is 0 Å². The Morgan fingerprint density at radius 3 is 2.50 bits per heavy atom. The van der Waals surface area contributed by atoms with Gasteiger partial charge >= 0.3 is 0 Å². The lowest BCUT2D eigenvalue weighted by molar-refractivity contribution is -0.113. The van der Waals surface area contributed by atoms with Crippen LogP contribution in [0.2, 0.25) is 0 Å². The summed E-state index contributed by atoms with van der Waals surface area (Å²) in [6.45, 7) is 0. The Balaban J connectivity index is 2.62. The van der Waals surface area contributed by atoms with Gasteiger partial charge in [-0.1, -0.05) is 11.8 Å². The Labute approximate surface area is 105 Å². The molecule has 16 heavy (non-hydrogen) atoms. The lowest BCUT2D eigenvalue weighted by Gasteiger charge is -2.01. The largest absolute Gasteiger partial charge is 0.325 e. The average molecular weight is 256 g/mol. The number of halogens is 2. The van der Waals surface area contributed by atoms with Crippen molar-refractivity contribution >= 4 is 34.8 Å². The summed E-state index contributed by atoms with van der Waals surface area (Å²) in [5.41, 5.74) is 1.61. The van der Waals surface area contributed by atoms with Crippen molar-refractivity contribution in [2.24, 2.45) is 0 Å². The number of nitrogens with one attached hydrogen (secondary N) is 1. The van der Waals surface area contributed by atoms with Gasteiger partial charge in [0.25, 0.3) is 0 Å². The van der Waals surface area contributed by atoms with Crippen LogP contribution in [0.5, 0.6) is 0 Å². The minimum atomic E-state index is -0.220. The zero-order chi connectivity index (χ0) is 11.8. The van der Waals surface area contributed by atoms with Gasteiger partial charge < -0.3 is 5.32 Å². The molecule has 1 amide bonds. The van der Waals surface area contributed by atoms with Crippen molar-refractivity contribution in [3.8, 4) is 11.8 Å². The van der Waals surface area contributed by atoms with Crippen LogP contribution in [0.25, 0.3) is 0 Å². The highest BCUT2D eigenvalue weighted by Gasteiger charge is 1.98. The van der Waals surface area contributed by atoms with Gasteiger partial charge in [-0.15, -0.1) is 23.2 Å². The Morgan fingerprint density at radius 1 is 1.25 bits per heavy atom. The summed E-state index contributed by atoms with van der Waals surface area (Å²) in [7, 11) is 0. The van der Waals surface area contributed by atoms with Crippen LogP contribution in [0.15, 0.2) is 24.3 Å². The van der Waals surface area contributed by atoms with Crippen molar-refractivity contribution < 1.29 is 4.79 Å². The van der Waals surface area contributed by atoms with E-state index in [4.69, 9.17) is 23.2 Å². The summed E-state index contributed by atoms with van der Waals surface area (Å²) in [4.78, 5) is 11.0. The Hall–Kier alpha value is -1.17. The highest BCUT2D eigenvalue weighted by Crippen LogP contribution is 2.08. The number of carbonyl (C=O) groups excluding carboxylic acids is 1. The van der Waals surface area contributed by atoms with Gasteiger partial charge in [0.2, 0.25) is 5.91 Å². The second-order valence-corrected chi connectivity index (χ2v) is 3.65. The normalized spacial score (nSPS) is 9.12. The van der Waals surface area contributed by atoms with Crippen LogP contribution in [-0.2, 0) is 4.79 Å². The highest BCUT2D eigenvalue weighted by molar-refractivity contribution is 6.29. The Kier molecular flexibility index (Phi) is 5.77. The summed E-state index contributed by atoms with van der Waals surface area (Å²) in [5, 5.41) is 2.65. The van der Waals surface area contributed by atoms with Gasteiger partial charge in [-0.25, -0.2) is 0 Å². The van der Waals surface area contributed by atoms with E-state index in [2.05, 4.69) is 17.2 Å². The van der Waals surface area contributed by atoms with E-state index in [0.717, 1.165) is 5.56 Å². The standard InChI is InChI=1S/C12H11Cl2NO/c13-8-2-1-3-10-4-6-11(7-5-10)15-12(16)9-14/h4-7H,2,8-9H2,(H,15,16). The molecule has 2 nitrogen and oxygen atoms in total. The molecule has 0 spiro atoms. The predicted octanol–water partition coefficient (Wildman–Crippen LogP) is 2.84. The molecule has 0 aromatic heterocycles. The van der Waals surface area contributed by atoms with Crippen LogP contribution < -0.4 is 5.32 Å². The molecule has 0 radical (unpaired) electrons. The zero-order valence-corrected chi connectivity index (χ0v) is 10.1. The summed E-state index contributed by atoms with van der Waals surface area (Å²) in [6.07, 6.45) is 0.673. The number of amides is 1. The summed E-state index contributed by atoms with van der Waals surface area (Å²) in [5.74, 6) is 6.17. The second kappa shape index (κ2) is 7.16. The van der Waals surface area contributed by atoms with Crippen LogP contribution in [0, 0.1) is 11.8 Å². The molecule has 1 N–H and O–H groups in total. The predicted molar refractivity (Wildman–Crippen MR) is 68.0 cm³/mol. The second-order valence-electron chi connectivity index (χ2n) is 3.00. The topological polar surface area (TPSA) is 29.1 Å². The number of alkyl halides is 2. The highest BCUT2D eigenvalue weighted by atomic mass is 35.5. The van der Waals surface area contributed by atoms with Gasteiger partial charge in [-0.2, -0.15) is 0 Å². The molecule has 0 heterocycles. The van der Waals surface area contributed by atoms with Gasteiger partial charge in [0.05, 0.1) is 0 Å². The molecular formula is C12H11Cl2NO. The first-order valence-electron chi connectivity index (χ1n) is 4.77. The molecule has 0 saturated heterocycles. The third-order valence-electron chi connectivity index (χ3n) is 1.74. The maximum absolute atomic E-state index is 11.0. The van der Waals surface area contributed by atoms with E-state index in [-0.39, 0.29) is 11.8 Å². The lowest BCUT2D eigenvalue weighted by atomic mass is 10.2. The molecule has 0 fully saturated rings. The molecule has 1 aromatic rings. The molecule has 1 aromatic carbocycles. The Morgan fingerprint density at radius 2 is 1.94 bits per heavy atom. The van der Waals surface area contributed by atoms with Crippen molar-refractivity contribution in [3.05, 3.63) is 29.8 Å². The first-order chi connectivity index (χ1) is 7.76. The van der Waals surface area contributed by atoms with Crippen LogP contribution in [0.4, 0.5) is 5.69 Å². The number of hydrogen-bond acceptors (Lipinski definition) is 1. The number of hydrogen-bond donors (Lipinski definition) is 1. The van der Waals surface area contributed by atoms with Crippen molar-refractivity contribution in [1.29, 1.82) is 0 Å². The van der Waals surface area contributed by atoms with E-state index in [1.807, 2.05) is 12.1 Å².